The number of aryl methyl sites for hydroxylation is 4. The largest absolute Gasteiger partial charge is 0.443 e. The fraction of sp³-hybridized carbons (Fsp3) is 0.375. The molecule has 0 bridgehead atoms. The number of rotatable bonds is 6. The lowest BCUT2D eigenvalue weighted by molar-refractivity contribution is 0.0578. The number of carbonyl (C=O) groups excluding carboxylic acids is 1. The number of nitrogens with one attached hydrogen (secondary N) is 2. The summed E-state index contributed by atoms with van der Waals surface area (Å²) in [6.07, 6.45) is 11.0. The molecule has 0 spiro atoms. The van der Waals surface area contributed by atoms with Crippen molar-refractivity contribution < 1.29 is 9.53 Å². The molecule has 0 atom stereocenters. The summed E-state index contributed by atoms with van der Waals surface area (Å²) in [5.74, 6) is 0.642. The Morgan fingerprint density at radius 3 is 2.06 bits per heavy atom. The first kappa shape index (κ1) is 38.9. The Labute approximate surface area is 316 Å². The van der Waals surface area contributed by atoms with Gasteiger partial charge in [0.15, 0.2) is 22.3 Å². The number of aromatic nitrogens is 6. The Morgan fingerprint density at radius 1 is 0.849 bits per heavy atom. The van der Waals surface area contributed by atoms with E-state index in [2.05, 4.69) is 70.6 Å². The van der Waals surface area contributed by atoms with E-state index in [4.69, 9.17) is 22.1 Å². The Bertz CT molecular complexity index is 2200. The van der Waals surface area contributed by atoms with Gasteiger partial charge in [-0.3, -0.25) is 4.90 Å². The fourth-order valence-electron chi connectivity index (χ4n) is 5.40. The zero-order valence-corrected chi connectivity index (χ0v) is 31.6. The first-order chi connectivity index (χ1) is 24.7. The highest BCUT2D eigenvalue weighted by Gasteiger charge is 2.38. The molecule has 13 heteroatoms. The van der Waals surface area contributed by atoms with Gasteiger partial charge in [-0.1, -0.05) is 31.2 Å². The van der Waals surface area contributed by atoms with E-state index in [1.807, 2.05) is 57.2 Å². The predicted octanol–water partition coefficient (Wildman–Crippen LogP) is 9.47. The first-order valence-corrected chi connectivity index (χ1v) is 17.9. The second-order valence-electron chi connectivity index (χ2n) is 14.5. The third-order valence-electron chi connectivity index (χ3n) is 8.68. The van der Waals surface area contributed by atoms with E-state index < -0.39 is 5.60 Å². The number of halogens is 1. The van der Waals surface area contributed by atoms with E-state index in [1.54, 1.807) is 38.7 Å². The monoisotopic (exact) mass is 738 g/mol. The summed E-state index contributed by atoms with van der Waals surface area (Å²) in [5.41, 5.74) is 14.9. The maximum absolute atomic E-state index is 13.0. The Balaban J connectivity index is 0.000000185. The van der Waals surface area contributed by atoms with Gasteiger partial charge in [0.25, 0.3) is 0 Å². The first-order valence-electron chi connectivity index (χ1n) is 17.5. The standard InChI is InChI=1S/C22H27N5O2.C9H9ClN4.C8H11N.CH4/c1-14-6-7-16(12-15(14)2)24-19-13-18(20-23-10-11-26(20)25-19)27(17-8-9-17)21(28)29-22(3,4)5;10-8-5-7(12-6-1-2-6)9-11-3-4-14(9)13-8;1-6-3-4-8(9)5-7(6)2;/h6-7,10-13,17H,8-9H2,1-5H3,(H,24,25);3-6,12H,1-2H2;3-5H,9H2,1-2H3;1H4. The second-order valence-corrected chi connectivity index (χ2v) is 14.8. The number of amides is 1. The van der Waals surface area contributed by atoms with Crippen LogP contribution in [0.1, 0.15) is 76.1 Å². The molecular formula is C40H51ClN10O2. The van der Waals surface area contributed by atoms with Crippen molar-refractivity contribution >= 4 is 57.6 Å². The van der Waals surface area contributed by atoms with Gasteiger partial charge in [0, 0.05) is 60.4 Å². The van der Waals surface area contributed by atoms with Crippen LogP contribution in [0.25, 0.3) is 11.3 Å². The van der Waals surface area contributed by atoms with Gasteiger partial charge in [-0.05, 0) is 121 Å². The van der Waals surface area contributed by atoms with Gasteiger partial charge in [0.1, 0.15) is 5.60 Å². The lowest BCUT2D eigenvalue weighted by Crippen LogP contribution is -2.38. The van der Waals surface area contributed by atoms with Gasteiger partial charge in [-0.2, -0.15) is 5.10 Å². The molecule has 2 aliphatic rings. The molecular weight excluding hydrogens is 688 g/mol. The molecule has 2 fully saturated rings. The molecule has 4 heterocycles. The molecule has 8 rings (SSSR count). The zero-order chi connectivity index (χ0) is 37.2. The van der Waals surface area contributed by atoms with Gasteiger partial charge < -0.3 is 21.1 Å². The molecule has 1 amide bonds. The quantitative estimate of drug-likeness (QED) is 0.143. The molecule has 2 aliphatic carbocycles. The molecule has 4 N–H and O–H groups in total. The van der Waals surface area contributed by atoms with E-state index in [1.165, 1.54) is 35.1 Å². The van der Waals surface area contributed by atoms with Crippen LogP contribution in [0.4, 0.5) is 33.4 Å². The van der Waals surface area contributed by atoms with E-state index in [0.717, 1.165) is 35.6 Å². The molecule has 0 saturated heterocycles. The highest BCUT2D eigenvalue weighted by atomic mass is 35.5. The van der Waals surface area contributed by atoms with Crippen molar-refractivity contribution in [2.75, 3.05) is 21.3 Å². The number of nitrogen functional groups attached to an aromatic ring is 1. The lowest BCUT2D eigenvalue weighted by Gasteiger charge is -2.27. The van der Waals surface area contributed by atoms with E-state index in [-0.39, 0.29) is 19.6 Å². The van der Waals surface area contributed by atoms with Crippen molar-refractivity contribution in [2.45, 2.75) is 99.3 Å². The molecule has 0 radical (unpaired) electrons. The third kappa shape index (κ3) is 10.2. The van der Waals surface area contributed by atoms with Crippen LogP contribution in [0.5, 0.6) is 0 Å². The number of ether oxygens (including phenoxy) is 1. The molecule has 12 nitrogen and oxygen atoms in total. The predicted molar refractivity (Wildman–Crippen MR) is 216 cm³/mol. The van der Waals surface area contributed by atoms with Crippen LogP contribution >= 0.6 is 11.6 Å². The normalized spacial score (nSPS) is 13.6. The highest BCUT2D eigenvalue weighted by molar-refractivity contribution is 6.29. The maximum atomic E-state index is 13.0. The molecule has 53 heavy (non-hydrogen) atoms. The Kier molecular flexibility index (Phi) is 11.8. The second kappa shape index (κ2) is 16.1. The van der Waals surface area contributed by atoms with Crippen molar-refractivity contribution in [1.29, 1.82) is 0 Å². The molecule has 0 aliphatic heterocycles. The average Bonchev–Trinajstić information content (AvgIpc) is 3.98. The van der Waals surface area contributed by atoms with Crippen molar-refractivity contribution in [3.63, 3.8) is 0 Å². The Morgan fingerprint density at radius 2 is 1.47 bits per heavy atom. The molecule has 6 aromatic rings. The summed E-state index contributed by atoms with van der Waals surface area (Å²) in [6.45, 7) is 13.9. The van der Waals surface area contributed by atoms with E-state index in [9.17, 15) is 4.79 Å². The molecule has 4 aromatic heterocycles. The van der Waals surface area contributed by atoms with Gasteiger partial charge in [-0.25, -0.2) is 23.8 Å². The number of fused-ring (bicyclic) bond motifs is 2. The van der Waals surface area contributed by atoms with Crippen molar-refractivity contribution in [3.05, 3.63) is 101 Å². The molecule has 2 saturated carbocycles. The Hall–Kier alpha value is -5.36. The summed E-state index contributed by atoms with van der Waals surface area (Å²) < 4.78 is 9.06. The summed E-state index contributed by atoms with van der Waals surface area (Å²) in [4.78, 5) is 23.4. The number of hydrogen-bond donors (Lipinski definition) is 3. The van der Waals surface area contributed by atoms with Crippen molar-refractivity contribution in [1.82, 2.24) is 29.2 Å². The number of hydrogen-bond acceptors (Lipinski definition) is 9. The molecule has 0 unspecified atom stereocenters. The SMILES string of the molecule is C.Cc1ccc(N)cc1C.Cc1ccc(Nc2cc(N(C(=O)OC(C)(C)C)C3CC3)c3nccn3n2)cc1C.Clc1cc(NC2CC2)c2nccn2n1. The van der Waals surface area contributed by atoms with Crippen LogP contribution in [0, 0.1) is 27.7 Å². The summed E-state index contributed by atoms with van der Waals surface area (Å²) in [6, 6.07) is 16.5. The minimum atomic E-state index is -0.566. The third-order valence-corrected chi connectivity index (χ3v) is 8.86. The van der Waals surface area contributed by atoms with Gasteiger partial charge in [-0.15, -0.1) is 5.10 Å². The van der Waals surface area contributed by atoms with E-state index >= 15 is 0 Å². The number of nitrogens with two attached hydrogens (primary N) is 1. The van der Waals surface area contributed by atoms with Gasteiger partial charge in [0.2, 0.25) is 0 Å². The topological polar surface area (TPSA) is 140 Å². The van der Waals surface area contributed by atoms with Gasteiger partial charge in [0.05, 0.1) is 11.4 Å². The minimum Gasteiger partial charge on any atom is -0.443 e. The fourth-order valence-corrected chi connectivity index (χ4v) is 5.59. The number of anilines is 5. The van der Waals surface area contributed by atoms with Crippen LogP contribution in [0.3, 0.4) is 0 Å². The number of benzene rings is 2. The van der Waals surface area contributed by atoms with Crippen LogP contribution in [-0.4, -0.2) is 53.0 Å². The van der Waals surface area contributed by atoms with Gasteiger partial charge >= 0.3 is 6.09 Å². The van der Waals surface area contributed by atoms with Crippen LogP contribution in [0.15, 0.2) is 73.3 Å². The maximum Gasteiger partial charge on any atom is 0.415 e. The van der Waals surface area contributed by atoms with Crippen molar-refractivity contribution in [2.24, 2.45) is 0 Å². The number of imidazole rings is 2. The number of nitrogens with zero attached hydrogens (tertiary/aromatic N) is 7. The van der Waals surface area contributed by atoms with E-state index in [0.29, 0.717) is 28.3 Å². The zero-order valence-electron chi connectivity index (χ0n) is 30.8. The lowest BCUT2D eigenvalue weighted by atomic mass is 10.1. The van der Waals surface area contributed by atoms with Crippen LogP contribution in [0.2, 0.25) is 5.15 Å². The summed E-state index contributed by atoms with van der Waals surface area (Å²) in [7, 11) is 0. The minimum absolute atomic E-state index is 0. The number of carbonyl (C=O) groups is 1. The molecule has 280 valence electrons. The molecule has 2 aromatic carbocycles. The average molecular weight is 739 g/mol. The van der Waals surface area contributed by atoms with Crippen LogP contribution in [-0.2, 0) is 4.74 Å². The smallest absolute Gasteiger partial charge is 0.415 e. The highest BCUT2D eigenvalue weighted by Crippen LogP contribution is 2.36. The summed E-state index contributed by atoms with van der Waals surface area (Å²) >= 11 is 5.88. The summed E-state index contributed by atoms with van der Waals surface area (Å²) in [5, 5.41) is 15.9. The van der Waals surface area contributed by atoms with Crippen LogP contribution < -0.4 is 21.3 Å². The van der Waals surface area contributed by atoms with Crippen molar-refractivity contribution in [3.8, 4) is 0 Å².